The molecule has 0 saturated carbocycles. The molecule has 0 radical (unpaired) electrons. The summed E-state index contributed by atoms with van der Waals surface area (Å²) in [7, 11) is 4.37. The van der Waals surface area contributed by atoms with Crippen molar-refractivity contribution >= 4 is 23.6 Å². The predicted molar refractivity (Wildman–Crippen MR) is 99.4 cm³/mol. The van der Waals surface area contributed by atoms with Crippen molar-refractivity contribution in [2.75, 3.05) is 21.3 Å². The number of ether oxygens (including phenoxy) is 4. The first-order valence-electron chi connectivity index (χ1n) is 7.93. The van der Waals surface area contributed by atoms with Gasteiger partial charge in [-0.1, -0.05) is 12.1 Å². The molecule has 7 nitrogen and oxygen atoms in total. The Kier molecular flexibility index (Phi) is 6.43. The van der Waals surface area contributed by atoms with Crippen molar-refractivity contribution in [1.29, 1.82) is 0 Å². The van der Waals surface area contributed by atoms with Gasteiger partial charge >= 0.3 is 11.9 Å². The first-order chi connectivity index (χ1) is 12.9. The molecule has 2 aromatic rings. The van der Waals surface area contributed by atoms with E-state index in [1.54, 1.807) is 36.4 Å². The van der Waals surface area contributed by atoms with Gasteiger partial charge in [-0.2, -0.15) is 0 Å². The highest BCUT2D eigenvalue weighted by Gasteiger charge is 2.18. The minimum Gasteiger partial charge on any atom is -0.493 e. The zero-order chi connectivity index (χ0) is 20.0. The lowest BCUT2D eigenvalue weighted by Crippen LogP contribution is -2.03. The second kappa shape index (κ2) is 8.75. The zero-order valence-corrected chi connectivity index (χ0v) is 15.4. The minimum atomic E-state index is -1.14. The fourth-order valence-electron chi connectivity index (χ4n) is 2.51. The molecule has 2 aromatic carbocycles. The number of rotatable bonds is 7. The number of carboxylic acid groups (broad SMARTS) is 1. The predicted octanol–water partition coefficient (Wildman–Crippen LogP) is 3.26. The van der Waals surface area contributed by atoms with Gasteiger partial charge in [-0.25, -0.2) is 4.79 Å². The van der Waals surface area contributed by atoms with Crippen molar-refractivity contribution < 1.29 is 33.6 Å². The van der Waals surface area contributed by atoms with Crippen LogP contribution < -0.4 is 18.9 Å². The molecule has 142 valence electrons. The topological polar surface area (TPSA) is 91.3 Å². The third-order valence-electron chi connectivity index (χ3n) is 3.64. The average molecular weight is 372 g/mol. The van der Waals surface area contributed by atoms with Gasteiger partial charge in [0.1, 0.15) is 5.75 Å². The van der Waals surface area contributed by atoms with Gasteiger partial charge in [-0.3, -0.25) is 4.79 Å². The van der Waals surface area contributed by atoms with Crippen LogP contribution in [0.2, 0.25) is 0 Å². The number of carbonyl (C=O) groups excluding carboxylic acids is 1. The summed E-state index contributed by atoms with van der Waals surface area (Å²) in [4.78, 5) is 23.0. The maximum absolute atomic E-state index is 11.9. The summed E-state index contributed by atoms with van der Waals surface area (Å²) < 4.78 is 20.9. The molecule has 7 heteroatoms. The molecule has 0 atom stereocenters. The van der Waals surface area contributed by atoms with E-state index in [2.05, 4.69) is 0 Å². The van der Waals surface area contributed by atoms with Gasteiger partial charge in [-0.05, 0) is 41.5 Å². The standard InChI is InChI=1S/C20H20O7/c1-12(21)27-15-7-5-6-13(8-15)9-16(20(22)23)14-10-17(24-2)19(26-4)18(11-14)25-3/h5-11H,1-4H3,(H,22,23)/b16-9+. The number of carboxylic acids is 1. The quantitative estimate of drug-likeness (QED) is 0.345. The second-order valence-electron chi connectivity index (χ2n) is 5.44. The summed E-state index contributed by atoms with van der Waals surface area (Å²) in [6, 6.07) is 9.65. The highest BCUT2D eigenvalue weighted by atomic mass is 16.5. The van der Waals surface area contributed by atoms with Crippen LogP contribution in [0.4, 0.5) is 0 Å². The Bertz CT molecular complexity index is 859. The van der Waals surface area contributed by atoms with Gasteiger partial charge in [0, 0.05) is 6.92 Å². The molecule has 27 heavy (non-hydrogen) atoms. The molecule has 0 fully saturated rings. The fourth-order valence-corrected chi connectivity index (χ4v) is 2.51. The van der Waals surface area contributed by atoms with Crippen molar-refractivity contribution in [3.8, 4) is 23.0 Å². The fraction of sp³-hybridized carbons (Fsp3) is 0.200. The van der Waals surface area contributed by atoms with Crippen molar-refractivity contribution in [2.24, 2.45) is 0 Å². The summed E-state index contributed by atoms with van der Waals surface area (Å²) in [5.41, 5.74) is 0.934. The minimum absolute atomic E-state index is 0.00854. The number of hydrogen-bond acceptors (Lipinski definition) is 6. The smallest absolute Gasteiger partial charge is 0.336 e. The summed E-state index contributed by atoms with van der Waals surface area (Å²) >= 11 is 0. The van der Waals surface area contributed by atoms with Crippen LogP contribution in [0, 0.1) is 0 Å². The normalized spacial score (nSPS) is 10.9. The molecule has 0 amide bonds. The lowest BCUT2D eigenvalue weighted by molar-refractivity contribution is -0.132. The molecule has 0 heterocycles. The van der Waals surface area contributed by atoms with Crippen LogP contribution in [0.15, 0.2) is 36.4 Å². The van der Waals surface area contributed by atoms with E-state index in [9.17, 15) is 14.7 Å². The van der Waals surface area contributed by atoms with Gasteiger partial charge in [0.2, 0.25) is 5.75 Å². The monoisotopic (exact) mass is 372 g/mol. The third kappa shape index (κ3) is 4.78. The Morgan fingerprint density at radius 1 is 0.963 bits per heavy atom. The van der Waals surface area contributed by atoms with E-state index in [1.807, 2.05) is 0 Å². The Balaban J connectivity index is 2.57. The van der Waals surface area contributed by atoms with Crippen LogP contribution in [0.5, 0.6) is 23.0 Å². The molecule has 0 aliphatic rings. The summed E-state index contributed by atoms with van der Waals surface area (Å²) in [5, 5.41) is 9.69. The number of benzene rings is 2. The first kappa shape index (κ1) is 19.8. The average Bonchev–Trinajstić information content (AvgIpc) is 2.64. The van der Waals surface area contributed by atoms with E-state index < -0.39 is 11.9 Å². The summed E-state index contributed by atoms with van der Waals surface area (Å²) in [5.74, 6) is -0.224. The van der Waals surface area contributed by atoms with E-state index >= 15 is 0 Å². The first-order valence-corrected chi connectivity index (χ1v) is 7.93. The number of hydrogen-bond donors (Lipinski definition) is 1. The highest BCUT2D eigenvalue weighted by Crippen LogP contribution is 2.40. The number of esters is 1. The molecule has 0 saturated heterocycles. The maximum atomic E-state index is 11.9. The van der Waals surface area contributed by atoms with E-state index in [0.29, 0.717) is 34.1 Å². The van der Waals surface area contributed by atoms with Crippen LogP contribution >= 0.6 is 0 Å². The molecular formula is C20H20O7. The summed E-state index contributed by atoms with van der Waals surface area (Å²) in [6.45, 7) is 1.29. The number of carbonyl (C=O) groups is 2. The Morgan fingerprint density at radius 2 is 1.59 bits per heavy atom. The molecule has 1 N–H and O–H groups in total. The van der Waals surface area contributed by atoms with Crippen LogP contribution in [-0.2, 0) is 9.59 Å². The van der Waals surface area contributed by atoms with Crippen molar-refractivity contribution in [1.82, 2.24) is 0 Å². The number of methoxy groups -OCH3 is 3. The molecular weight excluding hydrogens is 352 g/mol. The van der Waals surface area contributed by atoms with E-state index in [1.165, 1.54) is 34.3 Å². The lowest BCUT2D eigenvalue weighted by Gasteiger charge is -2.14. The highest BCUT2D eigenvalue weighted by molar-refractivity contribution is 6.20. The Hall–Kier alpha value is -3.48. The lowest BCUT2D eigenvalue weighted by atomic mass is 10.0. The van der Waals surface area contributed by atoms with Gasteiger partial charge in [0.25, 0.3) is 0 Å². The molecule has 0 aliphatic heterocycles. The van der Waals surface area contributed by atoms with Crippen LogP contribution in [0.3, 0.4) is 0 Å². The third-order valence-corrected chi connectivity index (χ3v) is 3.64. The van der Waals surface area contributed by atoms with E-state index in [-0.39, 0.29) is 5.57 Å². The maximum Gasteiger partial charge on any atom is 0.336 e. The van der Waals surface area contributed by atoms with Gasteiger partial charge in [0.15, 0.2) is 11.5 Å². The molecule has 0 aliphatic carbocycles. The van der Waals surface area contributed by atoms with Crippen LogP contribution in [-0.4, -0.2) is 38.4 Å². The molecule has 2 rings (SSSR count). The van der Waals surface area contributed by atoms with Crippen molar-refractivity contribution in [2.45, 2.75) is 6.92 Å². The van der Waals surface area contributed by atoms with Crippen LogP contribution in [0.25, 0.3) is 11.6 Å². The van der Waals surface area contributed by atoms with Crippen LogP contribution in [0.1, 0.15) is 18.1 Å². The Morgan fingerprint density at radius 3 is 2.07 bits per heavy atom. The molecule has 0 unspecified atom stereocenters. The molecule has 0 aromatic heterocycles. The summed E-state index contributed by atoms with van der Waals surface area (Å²) in [6.07, 6.45) is 1.47. The van der Waals surface area contributed by atoms with E-state index in [4.69, 9.17) is 18.9 Å². The van der Waals surface area contributed by atoms with Crippen molar-refractivity contribution in [3.05, 3.63) is 47.5 Å². The SMILES string of the molecule is COc1cc(/C(=C\c2cccc(OC(C)=O)c2)C(=O)O)cc(OC)c1OC. The van der Waals surface area contributed by atoms with Gasteiger partial charge in [0.05, 0.1) is 26.9 Å². The zero-order valence-electron chi connectivity index (χ0n) is 15.4. The van der Waals surface area contributed by atoms with Gasteiger partial charge in [-0.15, -0.1) is 0 Å². The largest absolute Gasteiger partial charge is 0.493 e. The van der Waals surface area contributed by atoms with E-state index in [0.717, 1.165) is 0 Å². The van der Waals surface area contributed by atoms with Gasteiger partial charge < -0.3 is 24.1 Å². The second-order valence-corrected chi connectivity index (χ2v) is 5.44. The van der Waals surface area contributed by atoms with Crippen molar-refractivity contribution in [3.63, 3.8) is 0 Å². The number of aliphatic carboxylic acids is 1. The Labute approximate surface area is 156 Å². The molecule has 0 spiro atoms. The molecule has 0 bridgehead atoms.